The Morgan fingerprint density at radius 3 is 2.64 bits per heavy atom. The van der Waals surface area contributed by atoms with Gasteiger partial charge in [-0.3, -0.25) is 14.6 Å². The van der Waals surface area contributed by atoms with Crippen molar-refractivity contribution >= 4 is 28.8 Å². The van der Waals surface area contributed by atoms with Crippen LogP contribution in [-0.4, -0.2) is 48.1 Å². The largest absolute Gasteiger partial charge is 0.344 e. The van der Waals surface area contributed by atoms with Crippen LogP contribution in [0.2, 0.25) is 0 Å². The number of Topliss-reactive ketones (excluding diaryl/α,β-unsaturated/α-hetero) is 1. The van der Waals surface area contributed by atoms with Gasteiger partial charge in [0.25, 0.3) is 0 Å². The van der Waals surface area contributed by atoms with Crippen LogP contribution in [0.4, 0.5) is 11.4 Å². The molecule has 0 spiro atoms. The van der Waals surface area contributed by atoms with Crippen LogP contribution < -0.4 is 15.5 Å². The first-order valence-corrected chi connectivity index (χ1v) is 13.3. The number of likely N-dealkylation sites (N-methyl/N-ethyl adjacent to an activating group) is 1. The number of nitrogens with one attached hydrogen (secondary N) is 3. The maximum Gasteiger partial charge on any atom is 0.237 e. The van der Waals surface area contributed by atoms with E-state index in [9.17, 15) is 9.59 Å². The SMILES string of the molecule is CC[C@H](C(=N)C(=O)[C@H](NC(=O)[C@H](C)NC)C1CCCCC1)c1cncc(N2CCc3ccccc32)c1. The number of aromatic nitrogens is 1. The van der Waals surface area contributed by atoms with Gasteiger partial charge in [0.15, 0.2) is 5.78 Å². The zero-order chi connectivity index (χ0) is 25.7. The molecular weight excluding hydrogens is 450 g/mol. The molecule has 0 unspecified atom stereocenters. The molecule has 3 N–H and O–H groups in total. The van der Waals surface area contributed by atoms with Crippen molar-refractivity contribution in [1.29, 1.82) is 5.41 Å². The number of nitrogens with zero attached hydrogens (tertiary/aromatic N) is 2. The van der Waals surface area contributed by atoms with Crippen molar-refractivity contribution < 1.29 is 9.59 Å². The van der Waals surface area contributed by atoms with E-state index in [1.54, 1.807) is 20.2 Å². The van der Waals surface area contributed by atoms with Crippen LogP contribution in [0, 0.1) is 11.3 Å². The number of hydrogen-bond acceptors (Lipinski definition) is 6. The van der Waals surface area contributed by atoms with Gasteiger partial charge in [-0.05, 0) is 68.8 Å². The number of rotatable bonds is 10. The minimum Gasteiger partial charge on any atom is -0.344 e. The van der Waals surface area contributed by atoms with Crippen LogP contribution in [0.15, 0.2) is 42.7 Å². The van der Waals surface area contributed by atoms with E-state index in [1.807, 2.05) is 19.2 Å². The lowest BCUT2D eigenvalue weighted by Gasteiger charge is -2.32. The number of benzene rings is 1. The predicted octanol–water partition coefficient (Wildman–Crippen LogP) is 4.53. The second-order valence-electron chi connectivity index (χ2n) is 10.1. The third-order valence-electron chi connectivity index (χ3n) is 7.90. The minimum absolute atomic E-state index is 0.0613. The number of carbonyl (C=O) groups excluding carboxylic acids is 2. The molecule has 2 aromatic rings. The van der Waals surface area contributed by atoms with Gasteiger partial charge < -0.3 is 20.9 Å². The van der Waals surface area contributed by atoms with Crippen molar-refractivity contribution in [2.45, 2.75) is 76.8 Å². The van der Waals surface area contributed by atoms with Crippen LogP contribution in [0.3, 0.4) is 0 Å². The number of pyridine rings is 1. The highest BCUT2D eigenvalue weighted by molar-refractivity contribution is 6.42. The molecule has 1 amide bonds. The Kier molecular flexibility index (Phi) is 8.52. The van der Waals surface area contributed by atoms with Crippen molar-refractivity contribution in [3.05, 3.63) is 53.9 Å². The molecule has 3 atom stereocenters. The molecule has 1 aromatic carbocycles. The lowest BCUT2D eigenvalue weighted by atomic mass is 9.78. The van der Waals surface area contributed by atoms with E-state index in [2.05, 4.69) is 44.8 Å². The molecule has 2 heterocycles. The second kappa shape index (κ2) is 11.8. The fourth-order valence-electron chi connectivity index (χ4n) is 5.61. The molecule has 4 rings (SSSR count). The molecule has 0 radical (unpaired) electrons. The number of anilines is 2. The molecule has 7 heteroatoms. The van der Waals surface area contributed by atoms with Crippen molar-refractivity contribution in [2.75, 3.05) is 18.5 Å². The maximum atomic E-state index is 13.8. The van der Waals surface area contributed by atoms with Gasteiger partial charge in [0, 0.05) is 24.3 Å². The van der Waals surface area contributed by atoms with E-state index in [-0.39, 0.29) is 29.2 Å². The Morgan fingerprint density at radius 2 is 1.92 bits per heavy atom. The summed E-state index contributed by atoms with van der Waals surface area (Å²) in [7, 11) is 1.73. The van der Waals surface area contributed by atoms with E-state index in [0.717, 1.165) is 56.3 Å². The fourth-order valence-corrected chi connectivity index (χ4v) is 5.61. The Labute approximate surface area is 214 Å². The van der Waals surface area contributed by atoms with Crippen molar-refractivity contribution in [3.8, 4) is 0 Å². The Hall–Kier alpha value is -3.06. The monoisotopic (exact) mass is 489 g/mol. The standard InChI is InChI=1S/C29H39N5O2/c1-4-24(22-16-23(18-32-17-22)34-15-14-20-10-8-9-13-25(20)34)26(30)28(35)27(21-11-6-5-7-12-21)33-29(36)19(2)31-3/h8-10,13,16-19,21,24,27,30-31H,4-7,11-12,14-15H2,1-3H3,(H,33,36)/t19-,24-,27+/m0/s1. The van der Waals surface area contributed by atoms with E-state index >= 15 is 0 Å². The molecule has 0 bridgehead atoms. The molecule has 1 saturated carbocycles. The van der Waals surface area contributed by atoms with Crippen molar-refractivity contribution in [2.24, 2.45) is 5.92 Å². The summed E-state index contributed by atoms with van der Waals surface area (Å²) in [6.45, 7) is 4.67. The van der Waals surface area contributed by atoms with Crippen molar-refractivity contribution in [1.82, 2.24) is 15.6 Å². The summed E-state index contributed by atoms with van der Waals surface area (Å²) in [6.07, 6.45) is 10.3. The van der Waals surface area contributed by atoms with Crippen LogP contribution in [0.25, 0.3) is 0 Å². The van der Waals surface area contributed by atoms with Crippen LogP contribution in [-0.2, 0) is 16.0 Å². The molecule has 1 aliphatic heterocycles. The summed E-state index contributed by atoms with van der Waals surface area (Å²) in [4.78, 5) is 33.3. The second-order valence-corrected chi connectivity index (χ2v) is 10.1. The van der Waals surface area contributed by atoms with Gasteiger partial charge in [-0.1, -0.05) is 44.4 Å². The Bertz CT molecular complexity index is 1090. The van der Waals surface area contributed by atoms with Crippen LogP contribution in [0.5, 0.6) is 0 Å². The lowest BCUT2D eigenvalue weighted by molar-refractivity contribution is -0.127. The number of para-hydroxylation sites is 1. The average Bonchev–Trinajstić information content (AvgIpc) is 3.36. The van der Waals surface area contributed by atoms with Crippen LogP contribution >= 0.6 is 0 Å². The Balaban J connectivity index is 1.57. The Morgan fingerprint density at radius 1 is 1.17 bits per heavy atom. The molecular formula is C29H39N5O2. The molecule has 192 valence electrons. The third kappa shape index (κ3) is 5.51. The fraction of sp³-hybridized carbons (Fsp3) is 0.517. The number of fused-ring (bicyclic) bond motifs is 1. The first kappa shape index (κ1) is 26.0. The van der Waals surface area contributed by atoms with E-state index in [0.29, 0.717) is 6.42 Å². The molecule has 7 nitrogen and oxygen atoms in total. The number of carbonyl (C=O) groups is 2. The summed E-state index contributed by atoms with van der Waals surface area (Å²) in [5.74, 6) is -0.754. The van der Waals surface area contributed by atoms with Gasteiger partial charge in [-0.15, -0.1) is 0 Å². The normalized spacial score (nSPS) is 18.2. The highest BCUT2D eigenvalue weighted by Gasteiger charge is 2.36. The first-order valence-electron chi connectivity index (χ1n) is 13.3. The summed E-state index contributed by atoms with van der Waals surface area (Å²) < 4.78 is 0. The lowest BCUT2D eigenvalue weighted by Crippen LogP contribution is -2.53. The molecule has 1 aromatic heterocycles. The van der Waals surface area contributed by atoms with Gasteiger partial charge >= 0.3 is 0 Å². The third-order valence-corrected chi connectivity index (χ3v) is 7.90. The quantitative estimate of drug-likeness (QED) is 0.426. The van der Waals surface area contributed by atoms with E-state index in [1.165, 1.54) is 11.3 Å². The highest BCUT2D eigenvalue weighted by atomic mass is 16.2. The van der Waals surface area contributed by atoms with E-state index in [4.69, 9.17) is 5.41 Å². The smallest absolute Gasteiger partial charge is 0.237 e. The zero-order valence-electron chi connectivity index (χ0n) is 21.7. The molecule has 2 aliphatic rings. The summed E-state index contributed by atoms with van der Waals surface area (Å²) in [5, 5.41) is 14.9. The number of hydrogen-bond donors (Lipinski definition) is 3. The van der Waals surface area contributed by atoms with E-state index < -0.39 is 12.1 Å². The molecule has 0 saturated heterocycles. The number of ketones is 1. The number of amides is 1. The zero-order valence-corrected chi connectivity index (χ0v) is 21.7. The van der Waals surface area contributed by atoms with Crippen LogP contribution in [0.1, 0.15) is 69.4 Å². The first-order chi connectivity index (χ1) is 17.4. The summed E-state index contributed by atoms with van der Waals surface area (Å²) in [6, 6.07) is 9.41. The maximum absolute atomic E-state index is 13.8. The van der Waals surface area contributed by atoms with Gasteiger partial charge in [-0.25, -0.2) is 0 Å². The predicted molar refractivity (Wildman–Crippen MR) is 144 cm³/mol. The topological polar surface area (TPSA) is 98.2 Å². The van der Waals surface area contributed by atoms with Gasteiger partial charge in [0.2, 0.25) is 5.91 Å². The average molecular weight is 490 g/mol. The summed E-state index contributed by atoms with van der Waals surface area (Å²) in [5.41, 5.74) is 4.42. The minimum atomic E-state index is -0.656. The van der Waals surface area contributed by atoms with Gasteiger partial charge in [0.05, 0.1) is 29.7 Å². The summed E-state index contributed by atoms with van der Waals surface area (Å²) >= 11 is 0. The van der Waals surface area contributed by atoms with Crippen molar-refractivity contribution in [3.63, 3.8) is 0 Å². The molecule has 1 fully saturated rings. The van der Waals surface area contributed by atoms with Gasteiger partial charge in [-0.2, -0.15) is 0 Å². The highest BCUT2D eigenvalue weighted by Crippen LogP contribution is 2.36. The van der Waals surface area contributed by atoms with Gasteiger partial charge in [0.1, 0.15) is 0 Å². The molecule has 36 heavy (non-hydrogen) atoms. The molecule has 1 aliphatic carbocycles.